The fourth-order valence-electron chi connectivity index (χ4n) is 2.83. The Bertz CT molecular complexity index is 709. The minimum absolute atomic E-state index is 0.190. The van der Waals surface area contributed by atoms with Gasteiger partial charge in [0, 0.05) is 30.8 Å². The first-order valence-electron chi connectivity index (χ1n) is 8.95. The van der Waals surface area contributed by atoms with Gasteiger partial charge in [0.25, 0.3) is 5.91 Å². The van der Waals surface area contributed by atoms with Crippen molar-refractivity contribution in [3.63, 3.8) is 0 Å². The lowest BCUT2D eigenvalue weighted by molar-refractivity contribution is 0.0954. The zero-order valence-corrected chi connectivity index (χ0v) is 15.6. The van der Waals surface area contributed by atoms with E-state index < -0.39 is 11.6 Å². The van der Waals surface area contributed by atoms with Gasteiger partial charge < -0.3 is 5.32 Å². The Hall–Kier alpha value is -2.27. The van der Waals surface area contributed by atoms with Crippen molar-refractivity contribution >= 4 is 5.91 Å². The quantitative estimate of drug-likeness (QED) is 0.766. The zero-order valence-electron chi connectivity index (χ0n) is 15.6. The minimum atomic E-state index is -0.607. The molecule has 0 saturated carbocycles. The molecular formula is C21H26F2N2O. The normalized spacial score (nSPS) is 11.2. The number of carbonyl (C=O) groups excluding carboxylic acids is 1. The predicted molar refractivity (Wildman–Crippen MR) is 100 cm³/mol. The number of amides is 1. The summed E-state index contributed by atoms with van der Waals surface area (Å²) < 4.78 is 26.3. The standard InChI is InChI=1S/C21H26F2N2O/c1-4-25(15(2)3)14-16-5-7-18(8-6-16)21(26)24-10-9-17-11-19(22)13-20(23)12-17/h5-8,11-13,15H,4,9-10,14H2,1-3H3,(H,24,26). The Balaban J connectivity index is 1.87. The van der Waals surface area contributed by atoms with Crippen molar-refractivity contribution in [1.29, 1.82) is 0 Å². The third-order valence-electron chi connectivity index (χ3n) is 4.36. The van der Waals surface area contributed by atoms with Crippen molar-refractivity contribution in [2.75, 3.05) is 13.1 Å². The Morgan fingerprint density at radius 2 is 1.65 bits per heavy atom. The second kappa shape index (κ2) is 9.43. The van der Waals surface area contributed by atoms with Crippen molar-refractivity contribution in [3.8, 4) is 0 Å². The number of halogens is 2. The highest BCUT2D eigenvalue weighted by molar-refractivity contribution is 5.94. The maximum atomic E-state index is 13.2. The number of hydrogen-bond donors (Lipinski definition) is 1. The zero-order chi connectivity index (χ0) is 19.1. The molecule has 2 aromatic rings. The van der Waals surface area contributed by atoms with Crippen LogP contribution in [0.2, 0.25) is 0 Å². The largest absolute Gasteiger partial charge is 0.352 e. The molecule has 2 rings (SSSR count). The maximum absolute atomic E-state index is 13.2. The molecule has 0 atom stereocenters. The van der Waals surface area contributed by atoms with Crippen molar-refractivity contribution in [3.05, 3.63) is 70.8 Å². The van der Waals surface area contributed by atoms with E-state index in [1.165, 1.54) is 12.1 Å². The van der Waals surface area contributed by atoms with Crippen LogP contribution in [0.4, 0.5) is 8.78 Å². The van der Waals surface area contributed by atoms with E-state index in [0.717, 1.165) is 24.7 Å². The topological polar surface area (TPSA) is 32.3 Å². The lowest BCUT2D eigenvalue weighted by Crippen LogP contribution is -2.30. The van der Waals surface area contributed by atoms with E-state index in [2.05, 4.69) is 31.0 Å². The second-order valence-corrected chi connectivity index (χ2v) is 6.64. The van der Waals surface area contributed by atoms with Gasteiger partial charge in [-0.3, -0.25) is 9.69 Å². The first-order chi connectivity index (χ1) is 12.4. The predicted octanol–water partition coefficient (Wildman–Crippen LogP) is 4.17. The Kier molecular flexibility index (Phi) is 7.27. The molecule has 0 radical (unpaired) electrons. The number of nitrogens with zero attached hydrogens (tertiary/aromatic N) is 1. The molecule has 0 bridgehead atoms. The third kappa shape index (κ3) is 5.92. The highest BCUT2D eigenvalue weighted by atomic mass is 19.1. The van der Waals surface area contributed by atoms with E-state index in [1.54, 1.807) is 12.1 Å². The van der Waals surface area contributed by atoms with E-state index in [0.29, 0.717) is 30.1 Å². The summed E-state index contributed by atoms with van der Waals surface area (Å²) in [5.74, 6) is -1.40. The molecule has 2 aromatic carbocycles. The van der Waals surface area contributed by atoms with E-state index in [9.17, 15) is 13.6 Å². The summed E-state index contributed by atoms with van der Waals surface area (Å²) in [4.78, 5) is 14.5. The number of hydrogen-bond acceptors (Lipinski definition) is 2. The van der Waals surface area contributed by atoms with Crippen LogP contribution in [0.25, 0.3) is 0 Å². The van der Waals surface area contributed by atoms with Gasteiger partial charge in [0.05, 0.1) is 0 Å². The van der Waals surface area contributed by atoms with Gasteiger partial charge in [-0.15, -0.1) is 0 Å². The van der Waals surface area contributed by atoms with Gasteiger partial charge >= 0.3 is 0 Å². The average molecular weight is 360 g/mol. The minimum Gasteiger partial charge on any atom is -0.352 e. The maximum Gasteiger partial charge on any atom is 0.251 e. The van der Waals surface area contributed by atoms with Gasteiger partial charge in [0.1, 0.15) is 11.6 Å². The number of carbonyl (C=O) groups is 1. The highest BCUT2D eigenvalue weighted by Crippen LogP contribution is 2.11. The molecule has 140 valence electrons. The van der Waals surface area contributed by atoms with E-state index in [-0.39, 0.29) is 5.91 Å². The summed E-state index contributed by atoms with van der Waals surface area (Å²) in [5, 5.41) is 2.78. The van der Waals surface area contributed by atoms with Gasteiger partial charge in [0.15, 0.2) is 0 Å². The molecule has 0 aliphatic heterocycles. The lowest BCUT2D eigenvalue weighted by Gasteiger charge is -2.24. The molecule has 0 fully saturated rings. The van der Waals surface area contributed by atoms with Crippen LogP contribution in [0, 0.1) is 11.6 Å². The third-order valence-corrected chi connectivity index (χ3v) is 4.36. The van der Waals surface area contributed by atoms with Gasteiger partial charge in [-0.2, -0.15) is 0 Å². The van der Waals surface area contributed by atoms with Crippen LogP contribution in [0.5, 0.6) is 0 Å². The molecule has 1 N–H and O–H groups in total. The summed E-state index contributed by atoms with van der Waals surface area (Å²) in [7, 11) is 0. The summed E-state index contributed by atoms with van der Waals surface area (Å²) in [6.45, 7) is 8.60. The lowest BCUT2D eigenvalue weighted by atomic mass is 10.1. The molecule has 0 aliphatic rings. The SMILES string of the molecule is CCN(Cc1ccc(C(=O)NCCc2cc(F)cc(F)c2)cc1)C(C)C. The van der Waals surface area contributed by atoms with Gasteiger partial charge in [0.2, 0.25) is 0 Å². The fourth-order valence-corrected chi connectivity index (χ4v) is 2.83. The molecule has 26 heavy (non-hydrogen) atoms. The van der Waals surface area contributed by atoms with Gasteiger partial charge in [-0.1, -0.05) is 19.1 Å². The molecule has 1 amide bonds. The van der Waals surface area contributed by atoms with E-state index >= 15 is 0 Å². The molecule has 0 unspecified atom stereocenters. The molecule has 0 aliphatic carbocycles. The average Bonchev–Trinajstić information content (AvgIpc) is 2.59. The van der Waals surface area contributed by atoms with Crippen molar-refractivity contribution in [2.45, 2.75) is 39.8 Å². The van der Waals surface area contributed by atoms with Crippen molar-refractivity contribution in [1.82, 2.24) is 10.2 Å². The van der Waals surface area contributed by atoms with Crippen LogP contribution < -0.4 is 5.32 Å². The van der Waals surface area contributed by atoms with Crippen LogP contribution in [-0.2, 0) is 13.0 Å². The first-order valence-corrected chi connectivity index (χ1v) is 8.95. The Morgan fingerprint density at radius 1 is 1.04 bits per heavy atom. The second-order valence-electron chi connectivity index (χ2n) is 6.64. The summed E-state index contributed by atoms with van der Waals surface area (Å²) in [6, 6.07) is 11.4. The summed E-state index contributed by atoms with van der Waals surface area (Å²) >= 11 is 0. The molecular weight excluding hydrogens is 334 g/mol. The molecule has 0 spiro atoms. The molecule has 0 aromatic heterocycles. The van der Waals surface area contributed by atoms with E-state index in [4.69, 9.17) is 0 Å². The number of nitrogens with one attached hydrogen (secondary N) is 1. The molecule has 0 saturated heterocycles. The summed E-state index contributed by atoms with van der Waals surface area (Å²) in [6.07, 6.45) is 0.373. The molecule has 0 heterocycles. The first kappa shape index (κ1) is 20.0. The van der Waals surface area contributed by atoms with Crippen LogP contribution in [0.15, 0.2) is 42.5 Å². The van der Waals surface area contributed by atoms with Crippen molar-refractivity contribution < 1.29 is 13.6 Å². The van der Waals surface area contributed by atoms with Gasteiger partial charge in [-0.05, 0) is 62.2 Å². The smallest absolute Gasteiger partial charge is 0.251 e. The van der Waals surface area contributed by atoms with Crippen LogP contribution in [-0.4, -0.2) is 29.9 Å². The fraction of sp³-hybridized carbons (Fsp3) is 0.381. The monoisotopic (exact) mass is 360 g/mol. The Labute approximate surface area is 154 Å². The van der Waals surface area contributed by atoms with Crippen LogP contribution in [0.1, 0.15) is 42.3 Å². The van der Waals surface area contributed by atoms with Crippen LogP contribution >= 0.6 is 0 Å². The highest BCUT2D eigenvalue weighted by Gasteiger charge is 2.09. The molecule has 5 heteroatoms. The number of benzene rings is 2. The number of rotatable bonds is 8. The van der Waals surface area contributed by atoms with E-state index in [1.807, 2.05) is 12.1 Å². The van der Waals surface area contributed by atoms with Crippen LogP contribution in [0.3, 0.4) is 0 Å². The Morgan fingerprint density at radius 3 is 2.19 bits per heavy atom. The van der Waals surface area contributed by atoms with Crippen molar-refractivity contribution in [2.24, 2.45) is 0 Å². The summed E-state index contributed by atoms with van der Waals surface area (Å²) in [5.41, 5.74) is 2.26. The van der Waals surface area contributed by atoms with Gasteiger partial charge in [-0.25, -0.2) is 8.78 Å². The molecule has 3 nitrogen and oxygen atoms in total.